The van der Waals surface area contributed by atoms with Crippen molar-refractivity contribution >= 4 is 29.5 Å². The number of aromatic amines is 1. The number of hydrogen-bond donors (Lipinski definition) is 1. The minimum atomic E-state index is 0.443. The average molecular weight is 255 g/mol. The molecule has 0 aliphatic rings. The topological polar surface area (TPSA) is 45.8 Å². The molecule has 0 bridgehead atoms. The number of carbonyl (C=O) groups excluding carboxylic acids is 1. The van der Waals surface area contributed by atoms with E-state index >= 15 is 0 Å². The number of hydrogen-bond acceptors (Lipinski definition) is 2. The number of nitrogens with zero attached hydrogens (tertiary/aromatic N) is 1. The number of benzene rings is 1. The summed E-state index contributed by atoms with van der Waals surface area (Å²) < 4.78 is 0. The minimum absolute atomic E-state index is 0.443. The monoisotopic (exact) mass is 254 g/mol. The van der Waals surface area contributed by atoms with Crippen molar-refractivity contribution in [3.63, 3.8) is 0 Å². The van der Waals surface area contributed by atoms with E-state index < -0.39 is 0 Å². The Kier molecular flexibility index (Phi) is 3.27. The standard InChI is InChI=1S/C11H8Cl2N2O/c12-9-2-1-3-10(13)8(9)4-11-14-5-7(6-16)15-11/h1-3,5-6H,4H2,(H,14,15). The van der Waals surface area contributed by atoms with Gasteiger partial charge in [0.2, 0.25) is 0 Å². The first-order chi connectivity index (χ1) is 7.70. The summed E-state index contributed by atoms with van der Waals surface area (Å²) in [4.78, 5) is 17.4. The lowest BCUT2D eigenvalue weighted by molar-refractivity contribution is 0.111. The van der Waals surface area contributed by atoms with E-state index in [0.717, 1.165) is 5.56 Å². The lowest BCUT2D eigenvalue weighted by Crippen LogP contribution is -1.93. The summed E-state index contributed by atoms with van der Waals surface area (Å²) >= 11 is 12.0. The van der Waals surface area contributed by atoms with Crippen LogP contribution in [0.1, 0.15) is 21.9 Å². The molecule has 0 radical (unpaired) electrons. The van der Waals surface area contributed by atoms with Crippen LogP contribution in [0.5, 0.6) is 0 Å². The molecule has 1 aromatic heterocycles. The van der Waals surface area contributed by atoms with Gasteiger partial charge in [-0.15, -0.1) is 0 Å². The Hall–Kier alpha value is -1.32. The Bertz CT molecular complexity index is 502. The fourth-order valence-electron chi connectivity index (χ4n) is 1.40. The van der Waals surface area contributed by atoms with Crippen molar-refractivity contribution in [2.45, 2.75) is 6.42 Å². The molecule has 2 aromatic rings. The van der Waals surface area contributed by atoms with Crippen molar-refractivity contribution in [3.8, 4) is 0 Å². The molecule has 82 valence electrons. The van der Waals surface area contributed by atoms with Crippen molar-refractivity contribution < 1.29 is 4.79 Å². The molecular formula is C11H8Cl2N2O. The Morgan fingerprint density at radius 1 is 1.31 bits per heavy atom. The summed E-state index contributed by atoms with van der Waals surface area (Å²) in [6, 6.07) is 5.33. The minimum Gasteiger partial charge on any atom is -0.340 e. The Balaban J connectivity index is 2.29. The highest BCUT2D eigenvalue weighted by Gasteiger charge is 2.08. The summed E-state index contributed by atoms with van der Waals surface area (Å²) in [6.07, 6.45) is 2.67. The van der Waals surface area contributed by atoms with Crippen LogP contribution in [0.15, 0.2) is 24.4 Å². The fourth-order valence-corrected chi connectivity index (χ4v) is 1.93. The third kappa shape index (κ3) is 2.26. The Morgan fingerprint density at radius 2 is 2.00 bits per heavy atom. The first-order valence-corrected chi connectivity index (χ1v) is 5.38. The molecule has 5 heteroatoms. The molecule has 16 heavy (non-hydrogen) atoms. The molecule has 3 nitrogen and oxygen atoms in total. The average Bonchev–Trinajstić information content (AvgIpc) is 2.71. The molecule has 1 N–H and O–H groups in total. The van der Waals surface area contributed by atoms with Gasteiger partial charge < -0.3 is 4.98 Å². The van der Waals surface area contributed by atoms with E-state index in [1.54, 1.807) is 18.2 Å². The highest BCUT2D eigenvalue weighted by atomic mass is 35.5. The maximum absolute atomic E-state index is 10.5. The maximum Gasteiger partial charge on any atom is 0.167 e. The quantitative estimate of drug-likeness (QED) is 0.856. The van der Waals surface area contributed by atoms with E-state index in [2.05, 4.69) is 9.97 Å². The molecule has 2 rings (SSSR count). The smallest absolute Gasteiger partial charge is 0.167 e. The highest BCUT2D eigenvalue weighted by Crippen LogP contribution is 2.25. The van der Waals surface area contributed by atoms with Crippen LogP contribution in [-0.2, 0) is 6.42 Å². The van der Waals surface area contributed by atoms with Gasteiger partial charge in [-0.3, -0.25) is 4.79 Å². The van der Waals surface area contributed by atoms with Gasteiger partial charge in [-0.2, -0.15) is 0 Å². The molecule has 0 saturated carbocycles. The zero-order chi connectivity index (χ0) is 11.5. The first-order valence-electron chi connectivity index (χ1n) is 4.62. The highest BCUT2D eigenvalue weighted by molar-refractivity contribution is 6.36. The van der Waals surface area contributed by atoms with Gasteiger partial charge in [0, 0.05) is 16.5 Å². The summed E-state index contributed by atoms with van der Waals surface area (Å²) in [5, 5.41) is 1.19. The van der Waals surface area contributed by atoms with E-state index in [1.165, 1.54) is 6.20 Å². The molecule has 0 aliphatic heterocycles. The number of aldehydes is 1. The van der Waals surface area contributed by atoms with E-state index in [9.17, 15) is 4.79 Å². The predicted molar refractivity (Wildman–Crippen MR) is 63.2 cm³/mol. The van der Waals surface area contributed by atoms with Crippen molar-refractivity contribution in [1.29, 1.82) is 0 Å². The van der Waals surface area contributed by atoms with Crippen LogP contribution in [0, 0.1) is 0 Å². The lowest BCUT2D eigenvalue weighted by atomic mass is 10.1. The van der Waals surface area contributed by atoms with Crippen LogP contribution in [0.4, 0.5) is 0 Å². The molecular weight excluding hydrogens is 247 g/mol. The van der Waals surface area contributed by atoms with E-state index in [-0.39, 0.29) is 0 Å². The predicted octanol–water partition coefficient (Wildman–Crippen LogP) is 3.12. The van der Waals surface area contributed by atoms with Gasteiger partial charge in [0.1, 0.15) is 5.82 Å². The van der Waals surface area contributed by atoms with E-state index in [4.69, 9.17) is 23.2 Å². The number of nitrogens with one attached hydrogen (secondary N) is 1. The second-order valence-corrected chi connectivity index (χ2v) is 4.09. The van der Waals surface area contributed by atoms with Crippen LogP contribution in [0.25, 0.3) is 0 Å². The summed E-state index contributed by atoms with van der Waals surface area (Å²) in [5.74, 6) is 0.664. The van der Waals surface area contributed by atoms with Gasteiger partial charge in [0.25, 0.3) is 0 Å². The van der Waals surface area contributed by atoms with Crippen molar-refractivity contribution in [2.75, 3.05) is 0 Å². The molecule has 0 amide bonds. The zero-order valence-corrected chi connectivity index (χ0v) is 9.72. The molecule has 0 unspecified atom stereocenters. The molecule has 0 atom stereocenters. The number of H-pyrrole nitrogens is 1. The Labute approximate surface area is 102 Å². The van der Waals surface area contributed by atoms with Crippen LogP contribution >= 0.6 is 23.2 Å². The lowest BCUT2D eigenvalue weighted by Gasteiger charge is -2.04. The Morgan fingerprint density at radius 3 is 2.56 bits per heavy atom. The van der Waals surface area contributed by atoms with Crippen LogP contribution in [-0.4, -0.2) is 16.3 Å². The van der Waals surface area contributed by atoms with Gasteiger partial charge in [-0.1, -0.05) is 29.3 Å². The van der Waals surface area contributed by atoms with Gasteiger partial charge in [0.05, 0.1) is 11.9 Å². The largest absolute Gasteiger partial charge is 0.340 e. The first kappa shape index (κ1) is 11.2. The third-order valence-corrected chi connectivity index (χ3v) is 2.89. The molecule has 0 fully saturated rings. The number of halogens is 2. The van der Waals surface area contributed by atoms with Gasteiger partial charge in [0.15, 0.2) is 6.29 Å². The number of aromatic nitrogens is 2. The van der Waals surface area contributed by atoms with Crippen LogP contribution in [0.3, 0.4) is 0 Å². The van der Waals surface area contributed by atoms with E-state index in [1.807, 2.05) is 0 Å². The molecule has 0 spiro atoms. The number of rotatable bonds is 3. The fraction of sp³-hybridized carbons (Fsp3) is 0.0909. The second-order valence-electron chi connectivity index (χ2n) is 3.28. The molecule has 1 aromatic carbocycles. The molecule has 0 saturated heterocycles. The maximum atomic E-state index is 10.5. The van der Waals surface area contributed by atoms with Gasteiger partial charge in [-0.05, 0) is 17.7 Å². The van der Waals surface area contributed by atoms with Crippen LogP contribution < -0.4 is 0 Å². The summed E-state index contributed by atoms with van der Waals surface area (Å²) in [7, 11) is 0. The number of imidazole rings is 1. The molecule has 1 heterocycles. The summed E-state index contributed by atoms with van der Waals surface area (Å²) in [6.45, 7) is 0. The zero-order valence-electron chi connectivity index (χ0n) is 8.21. The third-order valence-electron chi connectivity index (χ3n) is 2.18. The van der Waals surface area contributed by atoms with Crippen molar-refractivity contribution in [3.05, 3.63) is 51.5 Å². The van der Waals surface area contributed by atoms with Crippen LogP contribution in [0.2, 0.25) is 10.0 Å². The van der Waals surface area contributed by atoms with Gasteiger partial charge >= 0.3 is 0 Å². The number of carbonyl (C=O) groups is 1. The van der Waals surface area contributed by atoms with Crippen molar-refractivity contribution in [2.24, 2.45) is 0 Å². The van der Waals surface area contributed by atoms with Crippen molar-refractivity contribution in [1.82, 2.24) is 9.97 Å². The van der Waals surface area contributed by atoms with E-state index in [0.29, 0.717) is 34.3 Å². The normalized spacial score (nSPS) is 10.4. The summed E-state index contributed by atoms with van der Waals surface area (Å²) in [5.41, 5.74) is 1.25. The molecule has 0 aliphatic carbocycles. The SMILES string of the molecule is O=Cc1cnc(Cc2c(Cl)cccc2Cl)[nH]1. The van der Waals surface area contributed by atoms with Gasteiger partial charge in [-0.25, -0.2) is 4.98 Å². The second kappa shape index (κ2) is 4.68.